The first-order valence-corrected chi connectivity index (χ1v) is 7.11. The zero-order valence-electron chi connectivity index (χ0n) is 11.6. The number of anilines is 2. The van der Waals surface area contributed by atoms with Crippen molar-refractivity contribution in [2.75, 3.05) is 17.2 Å². The van der Waals surface area contributed by atoms with Gasteiger partial charge in [-0.15, -0.1) is 0 Å². The SMILES string of the molecule is CCNc1cc(CNc2ccnc(C3CC3)n2)ccn1. The molecule has 1 fully saturated rings. The molecule has 0 radical (unpaired) electrons. The molecule has 5 nitrogen and oxygen atoms in total. The summed E-state index contributed by atoms with van der Waals surface area (Å²) in [6, 6.07) is 5.98. The molecule has 5 heteroatoms. The van der Waals surface area contributed by atoms with E-state index in [9.17, 15) is 0 Å². The van der Waals surface area contributed by atoms with Crippen LogP contribution >= 0.6 is 0 Å². The van der Waals surface area contributed by atoms with E-state index in [4.69, 9.17) is 0 Å². The summed E-state index contributed by atoms with van der Waals surface area (Å²) in [7, 11) is 0. The van der Waals surface area contributed by atoms with Gasteiger partial charge in [-0.05, 0) is 43.5 Å². The van der Waals surface area contributed by atoms with Crippen molar-refractivity contribution in [3.8, 4) is 0 Å². The number of hydrogen-bond donors (Lipinski definition) is 2. The predicted molar refractivity (Wildman–Crippen MR) is 79.7 cm³/mol. The Balaban J connectivity index is 1.63. The minimum atomic E-state index is 0.582. The summed E-state index contributed by atoms with van der Waals surface area (Å²) < 4.78 is 0. The van der Waals surface area contributed by atoms with Gasteiger partial charge in [0.05, 0.1) is 0 Å². The first-order chi connectivity index (χ1) is 9.85. The Bertz CT molecular complexity index is 580. The van der Waals surface area contributed by atoms with Crippen LogP contribution in [0, 0.1) is 0 Å². The molecule has 1 saturated carbocycles. The lowest BCUT2D eigenvalue weighted by Gasteiger charge is -2.08. The third-order valence-corrected chi connectivity index (χ3v) is 3.27. The van der Waals surface area contributed by atoms with Gasteiger partial charge in [0.2, 0.25) is 0 Å². The Labute approximate surface area is 118 Å². The van der Waals surface area contributed by atoms with Crippen LogP contribution in [0.2, 0.25) is 0 Å². The van der Waals surface area contributed by atoms with Crippen LogP contribution in [-0.2, 0) is 6.54 Å². The fourth-order valence-corrected chi connectivity index (χ4v) is 2.07. The molecule has 0 atom stereocenters. The Morgan fingerprint density at radius 1 is 1.10 bits per heavy atom. The second kappa shape index (κ2) is 5.86. The first-order valence-electron chi connectivity index (χ1n) is 7.11. The van der Waals surface area contributed by atoms with Gasteiger partial charge in [0.25, 0.3) is 0 Å². The van der Waals surface area contributed by atoms with E-state index in [1.807, 2.05) is 24.5 Å². The van der Waals surface area contributed by atoms with Crippen LogP contribution in [-0.4, -0.2) is 21.5 Å². The highest BCUT2D eigenvalue weighted by Gasteiger charge is 2.26. The van der Waals surface area contributed by atoms with E-state index in [2.05, 4.69) is 38.6 Å². The molecule has 0 aliphatic heterocycles. The van der Waals surface area contributed by atoms with E-state index in [1.54, 1.807) is 0 Å². The van der Waals surface area contributed by atoms with Gasteiger partial charge >= 0.3 is 0 Å². The first kappa shape index (κ1) is 12.8. The van der Waals surface area contributed by atoms with Crippen LogP contribution in [0.3, 0.4) is 0 Å². The zero-order chi connectivity index (χ0) is 13.8. The second-order valence-corrected chi connectivity index (χ2v) is 5.01. The molecule has 0 amide bonds. The average molecular weight is 269 g/mol. The number of rotatable bonds is 6. The number of aromatic nitrogens is 3. The highest BCUT2D eigenvalue weighted by Crippen LogP contribution is 2.38. The van der Waals surface area contributed by atoms with E-state index < -0.39 is 0 Å². The third kappa shape index (κ3) is 3.23. The standard InChI is InChI=1S/C15H19N5/c1-2-16-14-9-11(5-7-17-14)10-19-13-6-8-18-15(20-13)12-3-4-12/h5-9,12H,2-4,10H2,1H3,(H,16,17)(H,18,19,20). The molecule has 104 valence electrons. The molecule has 2 N–H and O–H groups in total. The fourth-order valence-electron chi connectivity index (χ4n) is 2.07. The lowest BCUT2D eigenvalue weighted by atomic mass is 10.2. The average Bonchev–Trinajstić information content (AvgIpc) is 3.31. The number of nitrogens with zero attached hydrogens (tertiary/aromatic N) is 3. The Hall–Kier alpha value is -2.17. The molecule has 0 spiro atoms. The third-order valence-electron chi connectivity index (χ3n) is 3.27. The Kier molecular flexibility index (Phi) is 3.76. The minimum absolute atomic E-state index is 0.582. The van der Waals surface area contributed by atoms with Crippen LogP contribution in [0.1, 0.15) is 37.1 Å². The lowest BCUT2D eigenvalue weighted by Crippen LogP contribution is -2.05. The smallest absolute Gasteiger partial charge is 0.133 e. The molecule has 1 aliphatic carbocycles. The summed E-state index contributed by atoms with van der Waals surface area (Å²) in [4.78, 5) is 13.1. The molecular weight excluding hydrogens is 250 g/mol. The van der Waals surface area contributed by atoms with Gasteiger partial charge in [-0.2, -0.15) is 0 Å². The molecule has 20 heavy (non-hydrogen) atoms. The second-order valence-electron chi connectivity index (χ2n) is 5.01. The molecule has 0 bridgehead atoms. The molecule has 2 aromatic heterocycles. The zero-order valence-corrected chi connectivity index (χ0v) is 11.6. The maximum atomic E-state index is 4.56. The van der Waals surface area contributed by atoms with Gasteiger partial charge in [-0.25, -0.2) is 15.0 Å². The summed E-state index contributed by atoms with van der Waals surface area (Å²) in [5, 5.41) is 6.56. The summed E-state index contributed by atoms with van der Waals surface area (Å²) in [5.74, 6) is 3.35. The van der Waals surface area contributed by atoms with Gasteiger partial charge in [0.15, 0.2) is 0 Å². The highest BCUT2D eigenvalue weighted by atomic mass is 15.0. The van der Waals surface area contributed by atoms with Crippen molar-refractivity contribution in [1.82, 2.24) is 15.0 Å². The molecule has 3 rings (SSSR count). The van der Waals surface area contributed by atoms with Crippen molar-refractivity contribution in [3.05, 3.63) is 42.0 Å². The predicted octanol–water partition coefficient (Wildman–Crippen LogP) is 2.79. The van der Waals surface area contributed by atoms with Crippen molar-refractivity contribution >= 4 is 11.6 Å². The number of pyridine rings is 1. The number of hydrogen-bond acceptors (Lipinski definition) is 5. The molecule has 0 unspecified atom stereocenters. The van der Waals surface area contributed by atoms with Crippen molar-refractivity contribution in [1.29, 1.82) is 0 Å². The van der Waals surface area contributed by atoms with Crippen molar-refractivity contribution in [2.24, 2.45) is 0 Å². The van der Waals surface area contributed by atoms with Crippen LogP contribution < -0.4 is 10.6 Å². The maximum Gasteiger partial charge on any atom is 0.133 e. The summed E-state index contributed by atoms with van der Waals surface area (Å²) in [6.45, 7) is 3.68. The summed E-state index contributed by atoms with van der Waals surface area (Å²) in [5.41, 5.74) is 1.18. The number of nitrogens with one attached hydrogen (secondary N) is 2. The maximum absolute atomic E-state index is 4.56. The summed E-state index contributed by atoms with van der Waals surface area (Å²) in [6.07, 6.45) is 6.10. The van der Waals surface area contributed by atoms with E-state index in [1.165, 1.54) is 18.4 Å². The van der Waals surface area contributed by atoms with Gasteiger partial charge in [0, 0.05) is 31.4 Å². The molecule has 2 heterocycles. The topological polar surface area (TPSA) is 62.7 Å². The van der Waals surface area contributed by atoms with Crippen LogP contribution in [0.25, 0.3) is 0 Å². The monoisotopic (exact) mass is 269 g/mol. The van der Waals surface area contributed by atoms with Crippen molar-refractivity contribution in [2.45, 2.75) is 32.2 Å². The Morgan fingerprint density at radius 3 is 2.75 bits per heavy atom. The van der Waals surface area contributed by atoms with E-state index in [-0.39, 0.29) is 0 Å². The van der Waals surface area contributed by atoms with Gasteiger partial charge in [0.1, 0.15) is 17.5 Å². The fraction of sp³-hybridized carbons (Fsp3) is 0.400. The molecular formula is C15H19N5. The van der Waals surface area contributed by atoms with Crippen molar-refractivity contribution in [3.63, 3.8) is 0 Å². The Morgan fingerprint density at radius 2 is 1.95 bits per heavy atom. The van der Waals surface area contributed by atoms with Crippen LogP contribution in [0.15, 0.2) is 30.6 Å². The molecule has 0 saturated heterocycles. The van der Waals surface area contributed by atoms with E-state index in [0.717, 1.165) is 30.5 Å². The molecule has 1 aliphatic rings. The van der Waals surface area contributed by atoms with Gasteiger partial charge in [-0.3, -0.25) is 0 Å². The van der Waals surface area contributed by atoms with Crippen LogP contribution in [0.5, 0.6) is 0 Å². The highest BCUT2D eigenvalue weighted by molar-refractivity contribution is 5.40. The minimum Gasteiger partial charge on any atom is -0.370 e. The largest absolute Gasteiger partial charge is 0.370 e. The quantitative estimate of drug-likeness (QED) is 0.844. The van der Waals surface area contributed by atoms with E-state index in [0.29, 0.717) is 5.92 Å². The van der Waals surface area contributed by atoms with Gasteiger partial charge < -0.3 is 10.6 Å². The van der Waals surface area contributed by atoms with E-state index >= 15 is 0 Å². The van der Waals surface area contributed by atoms with Crippen LogP contribution in [0.4, 0.5) is 11.6 Å². The van der Waals surface area contributed by atoms with Crippen molar-refractivity contribution < 1.29 is 0 Å². The van der Waals surface area contributed by atoms with Gasteiger partial charge in [-0.1, -0.05) is 0 Å². The molecule has 2 aromatic rings. The lowest BCUT2D eigenvalue weighted by molar-refractivity contribution is 0.920. The molecule has 0 aromatic carbocycles. The summed E-state index contributed by atoms with van der Waals surface area (Å²) >= 11 is 0. The normalized spacial score (nSPS) is 14.1.